The monoisotopic (exact) mass is 483 g/mol. The quantitative estimate of drug-likeness (QED) is 0.379. The number of carbonyl (C=O) groups excluding carboxylic acids is 2. The number of benzene rings is 2. The zero-order valence-corrected chi connectivity index (χ0v) is 20.7. The van der Waals surface area contributed by atoms with E-state index < -0.39 is 11.0 Å². The first-order valence-electron chi connectivity index (χ1n) is 11.8. The minimum absolute atomic E-state index is 0.0481. The third-order valence-electron chi connectivity index (χ3n) is 6.23. The number of hydrogen-bond acceptors (Lipinski definition) is 5. The third kappa shape index (κ3) is 7.58. The SMILES string of the molecule is Cc1ccc(CN(C(=O)CSCc2ccc([N+](=O)[O-])cc2)[C@@H](C)C(=O)NC2CCCCC2)cc1. The zero-order valence-electron chi connectivity index (χ0n) is 19.9. The van der Waals surface area contributed by atoms with Gasteiger partial charge in [-0.3, -0.25) is 19.7 Å². The number of nitro benzene ring substituents is 1. The van der Waals surface area contributed by atoms with E-state index >= 15 is 0 Å². The van der Waals surface area contributed by atoms with Crippen LogP contribution in [0.5, 0.6) is 0 Å². The van der Waals surface area contributed by atoms with Crippen LogP contribution < -0.4 is 5.32 Å². The molecule has 7 nitrogen and oxygen atoms in total. The van der Waals surface area contributed by atoms with E-state index in [9.17, 15) is 19.7 Å². The normalized spacial score (nSPS) is 14.9. The minimum Gasteiger partial charge on any atom is -0.352 e. The number of nitrogens with zero attached hydrogens (tertiary/aromatic N) is 2. The molecular weight excluding hydrogens is 450 g/mol. The van der Waals surface area contributed by atoms with Crippen LogP contribution in [-0.4, -0.2) is 39.5 Å². The summed E-state index contributed by atoms with van der Waals surface area (Å²) in [5.41, 5.74) is 3.09. The minimum atomic E-state index is -0.573. The number of nitrogens with one attached hydrogen (secondary N) is 1. The van der Waals surface area contributed by atoms with Crippen molar-refractivity contribution < 1.29 is 14.5 Å². The van der Waals surface area contributed by atoms with Gasteiger partial charge in [0.1, 0.15) is 6.04 Å². The Hall–Kier alpha value is -2.87. The highest BCUT2D eigenvalue weighted by atomic mass is 32.2. The molecule has 0 bridgehead atoms. The van der Waals surface area contributed by atoms with Crippen molar-refractivity contribution in [2.75, 3.05) is 5.75 Å². The largest absolute Gasteiger partial charge is 0.352 e. The lowest BCUT2D eigenvalue weighted by Gasteiger charge is -2.31. The molecular formula is C26H33N3O4S. The Kier molecular flexibility index (Phi) is 9.51. The van der Waals surface area contributed by atoms with Crippen molar-refractivity contribution in [2.45, 2.75) is 70.3 Å². The number of amides is 2. The van der Waals surface area contributed by atoms with Crippen LogP contribution in [0, 0.1) is 17.0 Å². The van der Waals surface area contributed by atoms with Gasteiger partial charge in [-0.15, -0.1) is 11.8 Å². The Balaban J connectivity index is 1.63. The fourth-order valence-electron chi connectivity index (χ4n) is 4.09. The summed E-state index contributed by atoms with van der Waals surface area (Å²) in [4.78, 5) is 38.3. The van der Waals surface area contributed by atoms with E-state index in [0.29, 0.717) is 12.3 Å². The number of thioether (sulfide) groups is 1. The molecule has 0 aliphatic heterocycles. The molecule has 182 valence electrons. The number of carbonyl (C=O) groups is 2. The highest BCUT2D eigenvalue weighted by Gasteiger charge is 2.28. The Morgan fingerprint density at radius 3 is 2.29 bits per heavy atom. The molecule has 0 radical (unpaired) electrons. The molecule has 1 fully saturated rings. The van der Waals surface area contributed by atoms with Gasteiger partial charge < -0.3 is 10.2 Å². The molecule has 2 aromatic rings. The molecule has 0 spiro atoms. The number of aryl methyl sites for hydroxylation is 1. The molecule has 3 rings (SSSR count). The molecule has 1 N–H and O–H groups in total. The predicted octanol–water partition coefficient (Wildman–Crippen LogP) is 5.00. The van der Waals surface area contributed by atoms with Gasteiger partial charge in [0.05, 0.1) is 10.7 Å². The van der Waals surface area contributed by atoms with Gasteiger partial charge >= 0.3 is 0 Å². The lowest BCUT2D eigenvalue weighted by Crippen LogP contribution is -2.50. The molecule has 8 heteroatoms. The van der Waals surface area contributed by atoms with Crippen molar-refractivity contribution >= 4 is 29.3 Å². The van der Waals surface area contributed by atoms with Crippen molar-refractivity contribution in [3.63, 3.8) is 0 Å². The maximum Gasteiger partial charge on any atom is 0.269 e. The summed E-state index contributed by atoms with van der Waals surface area (Å²) in [6, 6.07) is 14.0. The lowest BCUT2D eigenvalue weighted by atomic mass is 9.95. The van der Waals surface area contributed by atoms with E-state index in [1.54, 1.807) is 24.0 Å². The summed E-state index contributed by atoms with van der Waals surface area (Å²) in [7, 11) is 0. The summed E-state index contributed by atoms with van der Waals surface area (Å²) >= 11 is 1.44. The molecule has 0 unspecified atom stereocenters. The van der Waals surface area contributed by atoms with Crippen LogP contribution in [0.4, 0.5) is 5.69 Å². The molecule has 2 aromatic carbocycles. The van der Waals surface area contributed by atoms with Crippen molar-refractivity contribution in [1.29, 1.82) is 0 Å². The summed E-state index contributed by atoms with van der Waals surface area (Å²) in [6.07, 6.45) is 5.46. The van der Waals surface area contributed by atoms with Crippen LogP contribution in [0.2, 0.25) is 0 Å². The van der Waals surface area contributed by atoms with Crippen LogP contribution in [0.1, 0.15) is 55.7 Å². The standard InChI is InChI=1S/C26H33N3O4S/c1-19-8-10-21(11-9-19)16-28(20(2)26(31)27-23-6-4-3-5-7-23)25(30)18-34-17-22-12-14-24(15-13-22)29(32)33/h8-15,20,23H,3-7,16-18H2,1-2H3,(H,27,31)/t20-/m0/s1. The summed E-state index contributed by atoms with van der Waals surface area (Å²) in [5, 5.41) is 14.0. The first-order chi connectivity index (χ1) is 16.3. The van der Waals surface area contributed by atoms with Crippen LogP contribution in [0.25, 0.3) is 0 Å². The molecule has 1 atom stereocenters. The lowest BCUT2D eigenvalue weighted by molar-refractivity contribution is -0.384. The Labute approximate surface area is 205 Å². The average molecular weight is 484 g/mol. The van der Waals surface area contributed by atoms with Gasteiger partial charge in [0, 0.05) is 30.5 Å². The molecule has 0 aromatic heterocycles. The zero-order chi connectivity index (χ0) is 24.5. The van der Waals surface area contributed by atoms with Gasteiger partial charge in [0.2, 0.25) is 11.8 Å². The first kappa shape index (κ1) is 25.7. The molecule has 0 heterocycles. The van der Waals surface area contributed by atoms with E-state index in [1.165, 1.54) is 30.3 Å². The molecule has 1 aliphatic rings. The van der Waals surface area contributed by atoms with E-state index in [-0.39, 0.29) is 29.3 Å². The van der Waals surface area contributed by atoms with Gasteiger partial charge in [-0.05, 0) is 37.8 Å². The smallest absolute Gasteiger partial charge is 0.269 e. The van der Waals surface area contributed by atoms with Crippen LogP contribution in [0.3, 0.4) is 0 Å². The van der Waals surface area contributed by atoms with Crippen molar-refractivity contribution in [2.24, 2.45) is 0 Å². The van der Waals surface area contributed by atoms with Crippen LogP contribution in [-0.2, 0) is 21.9 Å². The number of hydrogen-bond donors (Lipinski definition) is 1. The van der Waals surface area contributed by atoms with Gasteiger partial charge in [-0.1, -0.05) is 61.2 Å². The highest BCUT2D eigenvalue weighted by molar-refractivity contribution is 7.99. The van der Waals surface area contributed by atoms with E-state index in [1.807, 2.05) is 31.2 Å². The predicted molar refractivity (Wildman–Crippen MR) is 135 cm³/mol. The Bertz CT molecular complexity index is 973. The van der Waals surface area contributed by atoms with E-state index in [0.717, 1.165) is 42.4 Å². The fraction of sp³-hybridized carbons (Fsp3) is 0.462. The molecule has 1 aliphatic carbocycles. The fourth-order valence-corrected chi connectivity index (χ4v) is 4.97. The van der Waals surface area contributed by atoms with Gasteiger partial charge in [-0.25, -0.2) is 0 Å². The maximum atomic E-state index is 13.2. The van der Waals surface area contributed by atoms with Gasteiger partial charge in [0.15, 0.2) is 0 Å². The maximum absolute atomic E-state index is 13.2. The van der Waals surface area contributed by atoms with Crippen LogP contribution >= 0.6 is 11.8 Å². The topological polar surface area (TPSA) is 92.6 Å². The number of rotatable bonds is 10. The van der Waals surface area contributed by atoms with Gasteiger partial charge in [0.25, 0.3) is 5.69 Å². The highest BCUT2D eigenvalue weighted by Crippen LogP contribution is 2.20. The average Bonchev–Trinajstić information content (AvgIpc) is 2.84. The Morgan fingerprint density at radius 1 is 1.06 bits per heavy atom. The summed E-state index contributed by atoms with van der Waals surface area (Å²) < 4.78 is 0. The first-order valence-corrected chi connectivity index (χ1v) is 13.0. The number of non-ortho nitro benzene ring substituents is 1. The Morgan fingerprint density at radius 2 is 1.68 bits per heavy atom. The van der Waals surface area contributed by atoms with Crippen molar-refractivity contribution in [3.05, 3.63) is 75.3 Å². The number of nitro groups is 1. The summed E-state index contributed by atoms with van der Waals surface area (Å²) in [5.74, 6) is 0.584. The van der Waals surface area contributed by atoms with Crippen molar-refractivity contribution in [1.82, 2.24) is 10.2 Å². The molecule has 1 saturated carbocycles. The summed E-state index contributed by atoms with van der Waals surface area (Å²) in [6.45, 7) is 4.18. The van der Waals surface area contributed by atoms with E-state index in [4.69, 9.17) is 0 Å². The molecule has 2 amide bonds. The molecule has 0 saturated heterocycles. The second kappa shape index (κ2) is 12.6. The van der Waals surface area contributed by atoms with Gasteiger partial charge in [-0.2, -0.15) is 0 Å². The molecule has 34 heavy (non-hydrogen) atoms. The second-order valence-corrected chi connectivity index (χ2v) is 9.93. The van der Waals surface area contributed by atoms with E-state index in [2.05, 4.69) is 5.32 Å². The third-order valence-corrected chi connectivity index (χ3v) is 7.22. The second-order valence-electron chi connectivity index (χ2n) is 8.94. The van der Waals surface area contributed by atoms with Crippen LogP contribution in [0.15, 0.2) is 48.5 Å². The van der Waals surface area contributed by atoms with Crippen molar-refractivity contribution in [3.8, 4) is 0 Å².